The summed E-state index contributed by atoms with van der Waals surface area (Å²) < 4.78 is 10.6. The minimum Gasteiger partial charge on any atom is -0.507 e. The minimum atomic E-state index is -0.696. The van der Waals surface area contributed by atoms with Crippen molar-refractivity contribution < 1.29 is 24.2 Å². The fourth-order valence-electron chi connectivity index (χ4n) is 4.11. The van der Waals surface area contributed by atoms with Crippen LogP contribution in [-0.4, -0.2) is 82.1 Å². The molecular formula is C26H33N3O5. The molecule has 1 unspecified atom stereocenters. The summed E-state index contributed by atoms with van der Waals surface area (Å²) in [5.74, 6) is -0.630. The van der Waals surface area contributed by atoms with E-state index >= 15 is 0 Å². The highest BCUT2D eigenvalue weighted by atomic mass is 16.5. The Morgan fingerprint density at radius 1 is 0.971 bits per heavy atom. The Bertz CT molecular complexity index is 1080. The molecule has 1 atom stereocenters. The molecule has 0 aromatic heterocycles. The Morgan fingerprint density at radius 3 is 2.18 bits per heavy atom. The van der Waals surface area contributed by atoms with Crippen LogP contribution < -0.4 is 14.4 Å². The number of hydrogen-bond donors (Lipinski definition) is 1. The van der Waals surface area contributed by atoms with Gasteiger partial charge in [0.1, 0.15) is 5.76 Å². The average Bonchev–Trinajstić information content (AvgIpc) is 3.07. The van der Waals surface area contributed by atoms with Crippen molar-refractivity contribution in [3.63, 3.8) is 0 Å². The normalized spacial score (nSPS) is 17.4. The Kier molecular flexibility index (Phi) is 7.83. The SMILES string of the molecule is COc1ccc(/C(O)=C2/C(=O)C(=O)N(CCCN(C)C)C2c2ccc(N(C)C)cc2)cc1OC. The number of benzene rings is 2. The molecule has 0 bridgehead atoms. The Morgan fingerprint density at radius 2 is 1.62 bits per heavy atom. The number of rotatable bonds is 9. The topological polar surface area (TPSA) is 82.5 Å². The third kappa shape index (κ3) is 5.02. The van der Waals surface area contributed by atoms with Gasteiger partial charge in [-0.05, 0) is 63.0 Å². The number of carbonyl (C=O) groups excluding carboxylic acids is 2. The molecular weight excluding hydrogens is 434 g/mol. The highest BCUT2D eigenvalue weighted by molar-refractivity contribution is 6.46. The first-order valence-corrected chi connectivity index (χ1v) is 11.1. The van der Waals surface area contributed by atoms with Crippen molar-refractivity contribution in [3.05, 3.63) is 59.2 Å². The summed E-state index contributed by atoms with van der Waals surface area (Å²) in [5, 5.41) is 11.3. The van der Waals surface area contributed by atoms with Crippen LogP contribution in [0.25, 0.3) is 5.76 Å². The van der Waals surface area contributed by atoms with Gasteiger partial charge < -0.3 is 29.3 Å². The molecule has 1 saturated heterocycles. The van der Waals surface area contributed by atoms with Crippen LogP contribution in [0.2, 0.25) is 0 Å². The zero-order valence-electron chi connectivity index (χ0n) is 20.7. The van der Waals surface area contributed by atoms with Crippen LogP contribution in [0.3, 0.4) is 0 Å². The van der Waals surface area contributed by atoms with Crippen LogP contribution in [0.4, 0.5) is 5.69 Å². The minimum absolute atomic E-state index is 0.0691. The second-order valence-corrected chi connectivity index (χ2v) is 8.71. The van der Waals surface area contributed by atoms with E-state index in [0.29, 0.717) is 30.0 Å². The predicted octanol–water partition coefficient (Wildman–Crippen LogP) is 3.14. The van der Waals surface area contributed by atoms with Gasteiger partial charge in [-0.1, -0.05) is 12.1 Å². The van der Waals surface area contributed by atoms with Crippen LogP contribution in [-0.2, 0) is 9.59 Å². The fourth-order valence-corrected chi connectivity index (χ4v) is 4.11. The monoisotopic (exact) mass is 467 g/mol. The van der Waals surface area contributed by atoms with Gasteiger partial charge in [-0.2, -0.15) is 0 Å². The molecule has 0 saturated carbocycles. The van der Waals surface area contributed by atoms with Gasteiger partial charge in [0.05, 0.1) is 25.8 Å². The third-order valence-corrected chi connectivity index (χ3v) is 5.93. The molecule has 1 heterocycles. The number of anilines is 1. The van der Waals surface area contributed by atoms with Crippen molar-refractivity contribution in [1.82, 2.24) is 9.80 Å². The zero-order valence-corrected chi connectivity index (χ0v) is 20.7. The lowest BCUT2D eigenvalue weighted by Crippen LogP contribution is -2.32. The summed E-state index contributed by atoms with van der Waals surface area (Å²) >= 11 is 0. The number of amides is 1. The van der Waals surface area contributed by atoms with E-state index in [1.165, 1.54) is 14.2 Å². The number of Topliss-reactive ketones (excluding diaryl/α,β-unsaturated/α-hetero) is 1. The smallest absolute Gasteiger partial charge is 0.295 e. The van der Waals surface area contributed by atoms with Gasteiger partial charge in [0.2, 0.25) is 0 Å². The average molecular weight is 468 g/mol. The van der Waals surface area contributed by atoms with E-state index in [9.17, 15) is 14.7 Å². The van der Waals surface area contributed by atoms with E-state index < -0.39 is 17.7 Å². The van der Waals surface area contributed by atoms with Crippen LogP contribution >= 0.6 is 0 Å². The van der Waals surface area contributed by atoms with E-state index in [2.05, 4.69) is 0 Å². The van der Waals surface area contributed by atoms with Crippen LogP contribution in [0.5, 0.6) is 11.5 Å². The first-order chi connectivity index (χ1) is 16.2. The quantitative estimate of drug-likeness (QED) is 0.345. The lowest BCUT2D eigenvalue weighted by atomic mass is 9.95. The van der Waals surface area contributed by atoms with Crippen LogP contribution in [0, 0.1) is 0 Å². The molecule has 3 rings (SSSR count). The maximum absolute atomic E-state index is 13.2. The highest BCUT2D eigenvalue weighted by Crippen LogP contribution is 2.41. The van der Waals surface area contributed by atoms with Gasteiger partial charge in [0, 0.05) is 31.9 Å². The van der Waals surface area contributed by atoms with E-state index in [-0.39, 0.29) is 11.3 Å². The van der Waals surface area contributed by atoms with Crippen molar-refractivity contribution in [2.45, 2.75) is 12.5 Å². The van der Waals surface area contributed by atoms with E-state index in [1.807, 2.05) is 62.3 Å². The number of likely N-dealkylation sites (tertiary alicyclic amines) is 1. The largest absolute Gasteiger partial charge is 0.507 e. The summed E-state index contributed by atoms with van der Waals surface area (Å²) in [6, 6.07) is 11.9. The van der Waals surface area contributed by atoms with E-state index in [0.717, 1.165) is 17.8 Å². The van der Waals surface area contributed by atoms with Crippen molar-refractivity contribution >= 4 is 23.1 Å². The number of hydrogen-bond acceptors (Lipinski definition) is 7. The molecule has 2 aromatic carbocycles. The second kappa shape index (κ2) is 10.6. The fraction of sp³-hybridized carbons (Fsp3) is 0.385. The number of ether oxygens (including phenoxy) is 2. The molecule has 0 aliphatic carbocycles. The van der Waals surface area contributed by atoms with Gasteiger partial charge in [-0.25, -0.2) is 0 Å². The summed E-state index contributed by atoms with van der Waals surface area (Å²) in [6.07, 6.45) is 0.697. The molecule has 8 heteroatoms. The van der Waals surface area contributed by atoms with Crippen molar-refractivity contribution in [2.75, 3.05) is 60.4 Å². The molecule has 1 amide bonds. The first kappa shape index (κ1) is 25.1. The van der Waals surface area contributed by atoms with Crippen LogP contribution in [0.1, 0.15) is 23.6 Å². The maximum atomic E-state index is 13.2. The molecule has 1 fully saturated rings. The summed E-state index contributed by atoms with van der Waals surface area (Å²) in [6.45, 7) is 1.16. The lowest BCUT2D eigenvalue weighted by molar-refractivity contribution is -0.139. The Labute approximate surface area is 201 Å². The summed E-state index contributed by atoms with van der Waals surface area (Å²) in [5.41, 5.74) is 2.20. The Balaban J connectivity index is 2.12. The molecule has 0 radical (unpaired) electrons. The van der Waals surface area contributed by atoms with Crippen molar-refractivity contribution in [1.29, 1.82) is 0 Å². The van der Waals surface area contributed by atoms with Gasteiger partial charge in [0.25, 0.3) is 11.7 Å². The van der Waals surface area contributed by atoms with Gasteiger partial charge in [-0.3, -0.25) is 9.59 Å². The summed E-state index contributed by atoms with van der Waals surface area (Å²) in [7, 11) is 10.8. The molecule has 1 aliphatic rings. The number of ketones is 1. The molecule has 1 N–H and O–H groups in total. The van der Waals surface area contributed by atoms with Crippen molar-refractivity contribution in [3.8, 4) is 11.5 Å². The van der Waals surface area contributed by atoms with Crippen molar-refractivity contribution in [2.24, 2.45) is 0 Å². The number of aliphatic hydroxyl groups excluding tert-OH is 1. The molecule has 8 nitrogen and oxygen atoms in total. The van der Waals surface area contributed by atoms with E-state index in [1.54, 1.807) is 23.1 Å². The number of aliphatic hydroxyl groups is 1. The van der Waals surface area contributed by atoms with Crippen LogP contribution in [0.15, 0.2) is 48.0 Å². The number of nitrogens with zero attached hydrogens (tertiary/aromatic N) is 3. The molecule has 0 spiro atoms. The Hall–Kier alpha value is -3.52. The van der Waals surface area contributed by atoms with E-state index in [4.69, 9.17) is 9.47 Å². The number of methoxy groups -OCH3 is 2. The second-order valence-electron chi connectivity index (χ2n) is 8.71. The van der Waals surface area contributed by atoms with Gasteiger partial charge in [0.15, 0.2) is 11.5 Å². The first-order valence-electron chi connectivity index (χ1n) is 11.1. The maximum Gasteiger partial charge on any atom is 0.295 e. The van der Waals surface area contributed by atoms with Gasteiger partial charge in [-0.15, -0.1) is 0 Å². The van der Waals surface area contributed by atoms with Gasteiger partial charge >= 0.3 is 0 Å². The lowest BCUT2D eigenvalue weighted by Gasteiger charge is -2.26. The molecule has 1 aliphatic heterocycles. The molecule has 34 heavy (non-hydrogen) atoms. The predicted molar refractivity (Wildman–Crippen MR) is 132 cm³/mol. The standard InChI is InChI=1S/C26H33N3O5/c1-27(2)14-7-15-29-23(17-8-11-19(12-9-17)28(3)4)22(25(31)26(29)32)24(30)18-10-13-20(33-5)21(16-18)34-6/h8-13,16,23,30H,7,14-15H2,1-6H3/b24-22-. The zero-order chi connectivity index (χ0) is 25.0. The number of carbonyl (C=O) groups is 2. The summed E-state index contributed by atoms with van der Waals surface area (Å²) in [4.78, 5) is 31.8. The third-order valence-electron chi connectivity index (χ3n) is 5.93. The molecule has 182 valence electrons. The highest BCUT2D eigenvalue weighted by Gasteiger charge is 2.45. The molecule has 2 aromatic rings.